The number of halogens is 3. The summed E-state index contributed by atoms with van der Waals surface area (Å²) in [6.45, 7) is 2.16. The third-order valence-electron chi connectivity index (χ3n) is 2.09. The Bertz CT molecular complexity index is 550. The second kappa shape index (κ2) is 11.4. The van der Waals surface area contributed by atoms with Crippen LogP contribution in [0, 0.1) is 0 Å². The van der Waals surface area contributed by atoms with Crippen LogP contribution >= 0.6 is 0 Å². The zero-order chi connectivity index (χ0) is 16.4. The molecule has 0 heterocycles. The summed E-state index contributed by atoms with van der Waals surface area (Å²) in [5.74, 6) is 0. The van der Waals surface area contributed by atoms with E-state index < -0.39 is 15.6 Å². The van der Waals surface area contributed by atoms with Crippen LogP contribution in [0.15, 0.2) is 60.7 Å². The molecule has 0 unspecified atom stereocenters. The Morgan fingerprint density at radius 2 is 1.45 bits per heavy atom. The van der Waals surface area contributed by atoms with Gasteiger partial charge >= 0.3 is 22.6 Å². The van der Waals surface area contributed by atoms with E-state index in [9.17, 15) is 13.2 Å². The molecule has 2 aromatic carbocycles. The molecule has 0 saturated heterocycles. The Hall–Kier alpha value is -1.21. The predicted octanol–water partition coefficient (Wildman–Crippen LogP) is 3.70. The van der Waals surface area contributed by atoms with Crippen LogP contribution in [0.2, 0.25) is 0 Å². The van der Waals surface area contributed by atoms with Crippen LogP contribution in [-0.2, 0) is 33.6 Å². The fraction of sp³-hybridized carbons (Fsp3) is 0.214. The zero-order valence-corrected chi connectivity index (χ0v) is 13.5. The van der Waals surface area contributed by atoms with Gasteiger partial charge in [-0.2, -0.15) is 31.4 Å². The molecule has 0 spiro atoms. The standard InChI is InChI=1S/C8H10.C5H5.CHF3O3S.Fe/c1-2-8-6-4-3-5-7-8;1-2-4-5-3-1;2-1(3,4)8(5,6)7;/h3-7H,2H2,1H3;1-5H;(H,5,6,7);/q;-1;;+2/p-1. The van der Waals surface area contributed by atoms with Gasteiger partial charge in [0.2, 0.25) is 0 Å². The number of alkyl halides is 3. The first kappa shape index (κ1) is 23.1. The molecule has 0 N–H and O–H groups in total. The van der Waals surface area contributed by atoms with Crippen molar-refractivity contribution in [2.45, 2.75) is 18.9 Å². The molecule has 0 bridgehead atoms. The Morgan fingerprint density at radius 3 is 1.64 bits per heavy atom. The molecule has 8 heteroatoms. The summed E-state index contributed by atoms with van der Waals surface area (Å²) in [6.07, 6.45) is 1.14. The topological polar surface area (TPSA) is 57.2 Å². The zero-order valence-electron chi connectivity index (χ0n) is 11.6. The molecule has 0 aromatic heterocycles. The minimum atomic E-state index is -6.09. The molecule has 2 aromatic rings. The van der Waals surface area contributed by atoms with Crippen molar-refractivity contribution >= 4 is 10.1 Å². The average molecular weight is 376 g/mol. The van der Waals surface area contributed by atoms with Crippen molar-refractivity contribution in [1.82, 2.24) is 0 Å². The Balaban J connectivity index is 0. The normalized spacial score (nSPS) is 10.2. The van der Waals surface area contributed by atoms with Gasteiger partial charge in [-0.3, -0.25) is 0 Å². The number of rotatable bonds is 1. The van der Waals surface area contributed by atoms with Crippen LogP contribution in [0.5, 0.6) is 0 Å². The molecule has 2 rings (SSSR count). The van der Waals surface area contributed by atoms with Crippen LogP contribution in [0.3, 0.4) is 0 Å². The second-order valence-corrected chi connectivity index (χ2v) is 5.07. The molecule has 3 nitrogen and oxygen atoms in total. The van der Waals surface area contributed by atoms with Crippen molar-refractivity contribution < 1.29 is 43.2 Å². The molecular formula is C14H15F3FeO3S. The smallest absolute Gasteiger partial charge is 0.741 e. The summed E-state index contributed by atoms with van der Waals surface area (Å²) >= 11 is 0. The molecule has 0 amide bonds. The predicted molar refractivity (Wildman–Crippen MR) is 73.6 cm³/mol. The van der Waals surface area contributed by atoms with E-state index in [0.717, 1.165) is 6.42 Å². The third-order valence-corrected chi connectivity index (χ3v) is 2.66. The van der Waals surface area contributed by atoms with E-state index in [-0.39, 0.29) is 17.1 Å². The fourth-order valence-electron chi connectivity index (χ4n) is 1.03. The van der Waals surface area contributed by atoms with Gasteiger partial charge in [-0.25, -0.2) is 20.6 Å². The quantitative estimate of drug-likeness (QED) is 0.330. The summed E-state index contributed by atoms with van der Waals surface area (Å²) in [5, 5.41) is 0. The second-order valence-electron chi connectivity index (χ2n) is 3.70. The molecule has 0 aliphatic carbocycles. The van der Waals surface area contributed by atoms with Gasteiger partial charge in [0.15, 0.2) is 10.1 Å². The molecule has 0 radical (unpaired) electrons. The van der Waals surface area contributed by atoms with Gasteiger partial charge in [-0.1, -0.05) is 37.3 Å². The number of aryl methyl sites for hydroxylation is 1. The maximum Gasteiger partial charge on any atom is 2.00 e. The van der Waals surface area contributed by atoms with Crippen molar-refractivity contribution in [1.29, 1.82) is 0 Å². The van der Waals surface area contributed by atoms with Crippen molar-refractivity contribution in [2.24, 2.45) is 0 Å². The summed E-state index contributed by atoms with van der Waals surface area (Å²) in [5.41, 5.74) is -4.24. The molecule has 0 aliphatic rings. The maximum absolute atomic E-state index is 10.7. The van der Waals surface area contributed by atoms with E-state index in [1.807, 2.05) is 36.4 Å². The van der Waals surface area contributed by atoms with Gasteiger partial charge in [0.1, 0.15) is 0 Å². The van der Waals surface area contributed by atoms with Gasteiger partial charge in [0.25, 0.3) is 0 Å². The van der Waals surface area contributed by atoms with Crippen LogP contribution in [-0.4, -0.2) is 18.5 Å². The van der Waals surface area contributed by atoms with Crippen LogP contribution < -0.4 is 0 Å². The fourth-order valence-corrected chi connectivity index (χ4v) is 1.03. The summed E-state index contributed by atoms with van der Waals surface area (Å²) in [7, 11) is -6.09. The molecule has 0 aliphatic heterocycles. The van der Waals surface area contributed by atoms with Gasteiger partial charge in [0.05, 0.1) is 0 Å². The molecule has 22 heavy (non-hydrogen) atoms. The molecule has 0 fully saturated rings. The third kappa shape index (κ3) is 11.4. The Kier molecular flexibility index (Phi) is 11.9. The molecule has 124 valence electrons. The summed E-state index contributed by atoms with van der Waals surface area (Å²) in [6, 6.07) is 20.5. The first-order valence-corrected chi connectivity index (χ1v) is 7.32. The van der Waals surface area contributed by atoms with Crippen LogP contribution in [0.4, 0.5) is 13.2 Å². The van der Waals surface area contributed by atoms with Crippen molar-refractivity contribution in [3.8, 4) is 0 Å². The van der Waals surface area contributed by atoms with Crippen LogP contribution in [0.1, 0.15) is 12.5 Å². The van der Waals surface area contributed by atoms with E-state index in [4.69, 9.17) is 13.0 Å². The molecule has 0 saturated carbocycles. The van der Waals surface area contributed by atoms with Gasteiger partial charge in [-0.05, 0) is 12.0 Å². The number of hydrogen-bond donors (Lipinski definition) is 0. The first-order valence-electron chi connectivity index (χ1n) is 5.91. The number of benzene rings is 1. The van der Waals surface area contributed by atoms with Gasteiger partial charge in [0, 0.05) is 0 Å². The van der Waals surface area contributed by atoms with E-state index in [1.54, 1.807) is 0 Å². The minimum Gasteiger partial charge on any atom is -0.741 e. The van der Waals surface area contributed by atoms with Crippen molar-refractivity contribution in [3.05, 3.63) is 66.2 Å². The maximum atomic E-state index is 10.7. The van der Waals surface area contributed by atoms with E-state index in [2.05, 4.69) is 31.2 Å². The molecule has 0 atom stereocenters. The van der Waals surface area contributed by atoms with E-state index >= 15 is 0 Å². The largest absolute Gasteiger partial charge is 2.00 e. The van der Waals surface area contributed by atoms with E-state index in [0.29, 0.717) is 0 Å². The minimum absolute atomic E-state index is 0. The van der Waals surface area contributed by atoms with Gasteiger partial charge in [-0.15, -0.1) is 0 Å². The van der Waals surface area contributed by atoms with Crippen molar-refractivity contribution in [2.75, 3.05) is 0 Å². The first-order chi connectivity index (χ1) is 9.68. The van der Waals surface area contributed by atoms with E-state index in [1.165, 1.54) is 5.56 Å². The average Bonchev–Trinajstić information content (AvgIpc) is 2.97. The van der Waals surface area contributed by atoms with Crippen LogP contribution in [0.25, 0.3) is 0 Å². The molecular weight excluding hydrogens is 361 g/mol. The Morgan fingerprint density at radius 1 is 1.05 bits per heavy atom. The summed E-state index contributed by atoms with van der Waals surface area (Å²) in [4.78, 5) is 0. The number of hydrogen-bond acceptors (Lipinski definition) is 3. The van der Waals surface area contributed by atoms with Crippen molar-refractivity contribution in [3.63, 3.8) is 0 Å². The summed E-state index contributed by atoms with van der Waals surface area (Å²) < 4.78 is 58.9. The SMILES string of the molecule is CCc1ccccc1.O=S(=O)([O-])C(F)(F)F.[Fe+2].c1cc[cH-]c1. The monoisotopic (exact) mass is 376 g/mol. The Labute approximate surface area is 138 Å². The van der Waals surface area contributed by atoms with Gasteiger partial charge < -0.3 is 4.55 Å².